The van der Waals surface area contributed by atoms with E-state index in [-0.39, 0.29) is 30.5 Å². The highest BCUT2D eigenvalue weighted by Gasteiger charge is 2.30. The van der Waals surface area contributed by atoms with Crippen molar-refractivity contribution in [3.8, 4) is 0 Å². The number of unbranched alkanes of at least 4 members (excludes halogenated alkanes) is 1. The van der Waals surface area contributed by atoms with E-state index in [2.05, 4.69) is 6.92 Å². The lowest BCUT2D eigenvalue weighted by Crippen LogP contribution is -2.29. The van der Waals surface area contributed by atoms with Crippen LogP contribution in [0.5, 0.6) is 0 Å². The van der Waals surface area contributed by atoms with E-state index in [1.165, 1.54) is 0 Å². The summed E-state index contributed by atoms with van der Waals surface area (Å²) in [6.07, 6.45) is 2.54. The van der Waals surface area contributed by atoms with Crippen molar-refractivity contribution in [2.24, 2.45) is 0 Å². The normalized spacial score (nSPS) is 22.6. The van der Waals surface area contributed by atoms with Crippen molar-refractivity contribution in [1.29, 1.82) is 0 Å². The number of rotatable bonds is 7. The zero-order chi connectivity index (χ0) is 15.3. The molecular formula is C15H22O5S. The molecule has 0 unspecified atom stereocenters. The van der Waals surface area contributed by atoms with Crippen LogP contribution in [0.15, 0.2) is 29.2 Å². The van der Waals surface area contributed by atoms with Crippen LogP contribution in [0.4, 0.5) is 0 Å². The van der Waals surface area contributed by atoms with Crippen LogP contribution in [0.2, 0.25) is 0 Å². The van der Waals surface area contributed by atoms with Crippen LogP contribution in [-0.2, 0) is 23.8 Å². The van der Waals surface area contributed by atoms with Gasteiger partial charge in [-0.1, -0.05) is 37.5 Å². The molecule has 0 spiro atoms. The van der Waals surface area contributed by atoms with Gasteiger partial charge in [0.25, 0.3) is 10.1 Å². The maximum atomic E-state index is 12.1. The smallest absolute Gasteiger partial charge is 0.297 e. The Labute approximate surface area is 126 Å². The fourth-order valence-electron chi connectivity index (χ4n) is 2.19. The molecule has 0 N–H and O–H groups in total. The second kappa shape index (κ2) is 7.35. The molecule has 1 fully saturated rings. The lowest BCUT2D eigenvalue weighted by molar-refractivity contribution is 0.0299. The van der Waals surface area contributed by atoms with Crippen LogP contribution in [0.3, 0.4) is 0 Å². The van der Waals surface area contributed by atoms with Gasteiger partial charge < -0.3 is 9.47 Å². The fraction of sp³-hybridized carbons (Fsp3) is 0.600. The van der Waals surface area contributed by atoms with Crippen molar-refractivity contribution in [2.45, 2.75) is 50.2 Å². The van der Waals surface area contributed by atoms with E-state index in [0.29, 0.717) is 0 Å². The van der Waals surface area contributed by atoms with E-state index in [1.54, 1.807) is 24.3 Å². The maximum Gasteiger partial charge on any atom is 0.297 e. The zero-order valence-electron chi connectivity index (χ0n) is 12.4. The summed E-state index contributed by atoms with van der Waals surface area (Å²) in [4.78, 5) is 0.164. The summed E-state index contributed by atoms with van der Waals surface area (Å²) < 4.78 is 40.2. The van der Waals surface area contributed by atoms with Gasteiger partial charge in [-0.15, -0.1) is 0 Å². The molecule has 1 aliphatic heterocycles. The molecule has 1 aromatic rings. The van der Waals surface area contributed by atoms with Crippen LogP contribution >= 0.6 is 0 Å². The third-order valence-electron chi connectivity index (χ3n) is 3.52. The average Bonchev–Trinajstić information content (AvgIpc) is 2.91. The molecule has 0 radical (unpaired) electrons. The third-order valence-corrected chi connectivity index (χ3v) is 4.81. The third kappa shape index (κ3) is 4.51. The van der Waals surface area contributed by atoms with Crippen molar-refractivity contribution < 1.29 is 22.1 Å². The summed E-state index contributed by atoms with van der Waals surface area (Å²) in [6.45, 7) is 4.19. The first-order valence-electron chi connectivity index (χ1n) is 7.22. The Balaban J connectivity index is 1.93. The molecule has 118 valence electrons. The van der Waals surface area contributed by atoms with Gasteiger partial charge in [0.2, 0.25) is 0 Å². The lowest BCUT2D eigenvalue weighted by atomic mass is 10.1. The van der Waals surface area contributed by atoms with Gasteiger partial charge in [0, 0.05) is 0 Å². The quantitative estimate of drug-likeness (QED) is 0.724. The first kappa shape index (κ1) is 16.4. The van der Waals surface area contributed by atoms with Crippen LogP contribution in [-0.4, -0.2) is 34.0 Å². The first-order chi connectivity index (χ1) is 10.0. The van der Waals surface area contributed by atoms with Gasteiger partial charge in [0.15, 0.2) is 0 Å². The van der Waals surface area contributed by atoms with Gasteiger partial charge in [-0.2, -0.15) is 8.42 Å². The number of ether oxygens (including phenoxy) is 2. The highest BCUT2D eigenvalue weighted by molar-refractivity contribution is 7.86. The summed E-state index contributed by atoms with van der Waals surface area (Å²) in [5.41, 5.74) is 1.00. The molecule has 1 aliphatic rings. The Hall–Kier alpha value is -0.950. The molecule has 0 aromatic heterocycles. The van der Waals surface area contributed by atoms with Crippen LogP contribution in [0, 0.1) is 6.92 Å². The summed E-state index contributed by atoms with van der Waals surface area (Å²) >= 11 is 0. The van der Waals surface area contributed by atoms with E-state index in [0.717, 1.165) is 24.8 Å². The van der Waals surface area contributed by atoms with Crippen LogP contribution in [0.1, 0.15) is 31.7 Å². The lowest BCUT2D eigenvalue weighted by Gasteiger charge is -2.16. The molecule has 1 saturated heterocycles. The van der Waals surface area contributed by atoms with Gasteiger partial charge in [-0.3, -0.25) is 4.18 Å². The molecule has 5 nitrogen and oxygen atoms in total. The van der Waals surface area contributed by atoms with E-state index in [1.807, 2.05) is 6.92 Å². The Morgan fingerprint density at radius 3 is 2.52 bits per heavy atom. The minimum absolute atomic E-state index is 0.00933. The molecule has 0 aliphatic carbocycles. The van der Waals surface area contributed by atoms with E-state index in [4.69, 9.17) is 13.7 Å². The van der Waals surface area contributed by atoms with Gasteiger partial charge in [0.1, 0.15) is 12.9 Å². The van der Waals surface area contributed by atoms with E-state index in [9.17, 15) is 8.42 Å². The molecule has 0 saturated carbocycles. The number of hydrogen-bond donors (Lipinski definition) is 0. The molecule has 0 amide bonds. The van der Waals surface area contributed by atoms with Gasteiger partial charge >= 0.3 is 0 Å². The van der Waals surface area contributed by atoms with Gasteiger partial charge in [0.05, 0.1) is 17.6 Å². The van der Waals surface area contributed by atoms with Crippen molar-refractivity contribution in [3.63, 3.8) is 0 Å². The Morgan fingerprint density at radius 2 is 1.86 bits per heavy atom. The number of benzene rings is 1. The molecule has 21 heavy (non-hydrogen) atoms. The molecule has 2 rings (SSSR count). The van der Waals surface area contributed by atoms with E-state index < -0.39 is 10.1 Å². The second-order valence-corrected chi connectivity index (χ2v) is 6.84. The highest BCUT2D eigenvalue weighted by atomic mass is 32.2. The molecular weight excluding hydrogens is 292 g/mol. The predicted octanol–water partition coefficient (Wildman–Crippen LogP) is 2.63. The first-order valence-corrected chi connectivity index (χ1v) is 8.63. The summed E-state index contributed by atoms with van der Waals surface area (Å²) in [7, 11) is -3.74. The molecule has 2 atom stereocenters. The molecule has 6 heteroatoms. The fourth-order valence-corrected chi connectivity index (χ4v) is 3.11. The van der Waals surface area contributed by atoms with E-state index >= 15 is 0 Å². The summed E-state index contributed by atoms with van der Waals surface area (Å²) in [5, 5.41) is 0. The Kier molecular flexibility index (Phi) is 5.75. The molecule has 1 heterocycles. The van der Waals surface area contributed by atoms with Crippen molar-refractivity contribution in [2.75, 3.05) is 13.4 Å². The SMILES string of the molecule is CCCC[C@@H]1OCO[C@H]1COS(=O)(=O)c1ccc(C)cc1. The average molecular weight is 314 g/mol. The predicted molar refractivity (Wildman–Crippen MR) is 78.5 cm³/mol. The highest BCUT2D eigenvalue weighted by Crippen LogP contribution is 2.21. The van der Waals surface area contributed by atoms with Crippen molar-refractivity contribution in [3.05, 3.63) is 29.8 Å². The largest absolute Gasteiger partial charge is 0.349 e. The van der Waals surface area contributed by atoms with Crippen molar-refractivity contribution >= 4 is 10.1 Å². The zero-order valence-corrected chi connectivity index (χ0v) is 13.3. The molecule has 0 bridgehead atoms. The summed E-state index contributed by atoms with van der Waals surface area (Å²) in [6, 6.07) is 6.58. The number of hydrogen-bond acceptors (Lipinski definition) is 5. The Morgan fingerprint density at radius 1 is 1.19 bits per heavy atom. The number of aryl methyl sites for hydroxylation is 1. The summed E-state index contributed by atoms with van der Waals surface area (Å²) in [5.74, 6) is 0. The van der Waals surface area contributed by atoms with Crippen LogP contribution in [0.25, 0.3) is 0 Å². The second-order valence-electron chi connectivity index (χ2n) is 5.22. The standard InChI is InChI=1S/C15H22O5S/c1-3-4-5-14-15(19-11-18-14)10-20-21(16,17)13-8-6-12(2)7-9-13/h6-9,14-15H,3-5,10-11H2,1-2H3/t14-,15-/m0/s1. The van der Waals surface area contributed by atoms with Crippen LogP contribution < -0.4 is 0 Å². The van der Waals surface area contributed by atoms with Crippen molar-refractivity contribution in [1.82, 2.24) is 0 Å². The minimum Gasteiger partial charge on any atom is -0.349 e. The topological polar surface area (TPSA) is 61.8 Å². The van der Waals surface area contributed by atoms with Gasteiger partial charge in [-0.25, -0.2) is 0 Å². The monoisotopic (exact) mass is 314 g/mol. The Bertz CT molecular complexity index is 538. The molecule has 1 aromatic carbocycles. The maximum absolute atomic E-state index is 12.1. The minimum atomic E-state index is -3.74. The van der Waals surface area contributed by atoms with Gasteiger partial charge in [-0.05, 0) is 25.5 Å².